The number of ketones is 1. The summed E-state index contributed by atoms with van der Waals surface area (Å²) in [5, 5.41) is 2.23. The number of fused-ring (bicyclic) bond motifs is 1. The molecular formula is C27H20O3. The third-order valence-electron chi connectivity index (χ3n) is 4.87. The second kappa shape index (κ2) is 8.58. The predicted molar refractivity (Wildman–Crippen MR) is 120 cm³/mol. The molecule has 3 heteroatoms. The second-order valence-corrected chi connectivity index (χ2v) is 7.05. The van der Waals surface area contributed by atoms with Gasteiger partial charge in [0.1, 0.15) is 5.75 Å². The topological polar surface area (TPSA) is 43.4 Å². The van der Waals surface area contributed by atoms with Crippen LogP contribution in [0.15, 0.2) is 97.1 Å². The van der Waals surface area contributed by atoms with Gasteiger partial charge in [-0.05, 0) is 65.7 Å². The first-order valence-electron chi connectivity index (χ1n) is 9.69. The number of carbonyl (C=O) groups excluding carboxylic acids is 2. The zero-order valence-electron chi connectivity index (χ0n) is 16.5. The maximum Gasteiger partial charge on any atom is 0.343 e. The van der Waals surface area contributed by atoms with Crippen molar-refractivity contribution < 1.29 is 14.3 Å². The number of hydrogen-bond donors (Lipinski definition) is 0. The van der Waals surface area contributed by atoms with Crippen LogP contribution in [-0.4, -0.2) is 11.8 Å². The summed E-state index contributed by atoms with van der Waals surface area (Å²) in [6.45, 7) is 1.96. The van der Waals surface area contributed by atoms with E-state index in [1.165, 1.54) is 0 Å². The number of hydrogen-bond acceptors (Lipinski definition) is 3. The van der Waals surface area contributed by atoms with Gasteiger partial charge in [-0.15, -0.1) is 0 Å². The van der Waals surface area contributed by atoms with Crippen LogP contribution in [0.4, 0.5) is 0 Å². The zero-order chi connectivity index (χ0) is 20.9. The molecule has 3 nitrogen and oxygen atoms in total. The molecule has 4 rings (SSSR count). The van der Waals surface area contributed by atoms with Crippen molar-refractivity contribution in [2.45, 2.75) is 6.92 Å². The van der Waals surface area contributed by atoms with Gasteiger partial charge in [0.25, 0.3) is 0 Å². The van der Waals surface area contributed by atoms with Gasteiger partial charge in [-0.3, -0.25) is 4.79 Å². The van der Waals surface area contributed by atoms with Crippen LogP contribution in [0.1, 0.15) is 31.8 Å². The summed E-state index contributed by atoms with van der Waals surface area (Å²) >= 11 is 0. The SMILES string of the molecule is Cc1ccc(C(=O)Oc2ccc(C(=O)C=Cc3cccc4ccccc34)cc2)cc1. The highest BCUT2D eigenvalue weighted by Gasteiger charge is 2.09. The average molecular weight is 392 g/mol. The van der Waals surface area contributed by atoms with E-state index in [4.69, 9.17) is 4.74 Å². The van der Waals surface area contributed by atoms with E-state index >= 15 is 0 Å². The summed E-state index contributed by atoms with van der Waals surface area (Å²) in [5.41, 5.74) is 3.08. The minimum atomic E-state index is -0.426. The number of rotatable bonds is 5. The summed E-state index contributed by atoms with van der Waals surface area (Å²) < 4.78 is 5.38. The van der Waals surface area contributed by atoms with Crippen molar-refractivity contribution in [1.29, 1.82) is 0 Å². The van der Waals surface area contributed by atoms with Crippen LogP contribution >= 0.6 is 0 Å². The van der Waals surface area contributed by atoms with E-state index in [2.05, 4.69) is 0 Å². The zero-order valence-corrected chi connectivity index (χ0v) is 16.5. The van der Waals surface area contributed by atoms with Gasteiger partial charge in [-0.1, -0.05) is 66.2 Å². The van der Waals surface area contributed by atoms with Crippen molar-refractivity contribution in [3.05, 3.63) is 119 Å². The van der Waals surface area contributed by atoms with E-state index in [1.807, 2.05) is 67.6 Å². The Kier molecular flexibility index (Phi) is 5.53. The van der Waals surface area contributed by atoms with E-state index in [1.54, 1.807) is 42.5 Å². The molecule has 0 aliphatic rings. The molecule has 0 aliphatic heterocycles. The highest BCUT2D eigenvalue weighted by molar-refractivity contribution is 6.08. The van der Waals surface area contributed by atoms with Crippen molar-refractivity contribution in [2.75, 3.05) is 0 Å². The number of ether oxygens (including phenoxy) is 1. The highest BCUT2D eigenvalue weighted by Crippen LogP contribution is 2.20. The Labute approximate surface area is 175 Å². The lowest BCUT2D eigenvalue weighted by Crippen LogP contribution is -2.08. The number of benzene rings is 4. The molecule has 0 N–H and O–H groups in total. The Morgan fingerprint density at radius 3 is 2.17 bits per heavy atom. The normalized spacial score (nSPS) is 11.0. The van der Waals surface area contributed by atoms with Gasteiger partial charge in [0.15, 0.2) is 5.78 Å². The summed E-state index contributed by atoms with van der Waals surface area (Å²) in [4.78, 5) is 24.8. The van der Waals surface area contributed by atoms with Gasteiger partial charge in [0, 0.05) is 5.56 Å². The summed E-state index contributed by atoms with van der Waals surface area (Å²) in [7, 11) is 0. The first-order valence-corrected chi connectivity index (χ1v) is 9.69. The van der Waals surface area contributed by atoms with Crippen LogP contribution in [0.3, 0.4) is 0 Å². The molecule has 0 saturated heterocycles. The fourth-order valence-electron chi connectivity index (χ4n) is 3.20. The standard InChI is InChI=1S/C27H20O3/c1-19-9-11-23(12-10-19)27(29)30-24-16-13-22(14-17-24)26(28)18-15-21-7-4-6-20-5-2-3-8-25(20)21/h2-18H,1H3. The maximum atomic E-state index is 12.5. The molecule has 0 unspecified atom stereocenters. The van der Waals surface area contributed by atoms with Gasteiger partial charge in [-0.2, -0.15) is 0 Å². The molecule has 0 heterocycles. The molecule has 146 valence electrons. The van der Waals surface area contributed by atoms with Gasteiger partial charge < -0.3 is 4.74 Å². The number of allylic oxidation sites excluding steroid dienone is 1. The van der Waals surface area contributed by atoms with E-state index in [0.717, 1.165) is 21.9 Å². The largest absolute Gasteiger partial charge is 0.423 e. The van der Waals surface area contributed by atoms with Crippen molar-refractivity contribution in [2.24, 2.45) is 0 Å². The molecule has 0 bridgehead atoms. The van der Waals surface area contributed by atoms with E-state index in [0.29, 0.717) is 16.9 Å². The molecule has 4 aromatic rings. The van der Waals surface area contributed by atoms with Crippen LogP contribution < -0.4 is 4.74 Å². The van der Waals surface area contributed by atoms with Crippen molar-refractivity contribution in [1.82, 2.24) is 0 Å². The van der Waals surface area contributed by atoms with Gasteiger partial charge in [0.05, 0.1) is 5.56 Å². The summed E-state index contributed by atoms with van der Waals surface area (Å²) in [6.07, 6.45) is 3.39. The third kappa shape index (κ3) is 4.36. The molecular weight excluding hydrogens is 372 g/mol. The highest BCUT2D eigenvalue weighted by atomic mass is 16.5. The lowest BCUT2D eigenvalue weighted by atomic mass is 10.0. The van der Waals surface area contributed by atoms with Crippen molar-refractivity contribution >= 4 is 28.6 Å². The molecule has 0 amide bonds. The maximum absolute atomic E-state index is 12.5. The first kappa shape index (κ1) is 19.3. The van der Waals surface area contributed by atoms with Crippen molar-refractivity contribution in [3.63, 3.8) is 0 Å². The molecule has 0 atom stereocenters. The fraction of sp³-hybridized carbons (Fsp3) is 0.0370. The van der Waals surface area contributed by atoms with E-state index in [-0.39, 0.29) is 5.78 Å². The van der Waals surface area contributed by atoms with Gasteiger partial charge in [-0.25, -0.2) is 4.79 Å². The van der Waals surface area contributed by atoms with Crippen LogP contribution in [0.5, 0.6) is 5.75 Å². The van der Waals surface area contributed by atoms with Crippen LogP contribution in [-0.2, 0) is 0 Å². The summed E-state index contributed by atoms with van der Waals surface area (Å²) in [5.74, 6) is -0.139. The lowest BCUT2D eigenvalue weighted by Gasteiger charge is -2.05. The Morgan fingerprint density at radius 1 is 0.733 bits per heavy atom. The Balaban J connectivity index is 1.45. The number of carbonyl (C=O) groups is 2. The smallest absolute Gasteiger partial charge is 0.343 e. The average Bonchev–Trinajstić information content (AvgIpc) is 2.78. The Morgan fingerprint density at radius 2 is 1.40 bits per heavy atom. The Bertz CT molecular complexity index is 1230. The minimum absolute atomic E-state index is 0.112. The monoisotopic (exact) mass is 392 g/mol. The third-order valence-corrected chi connectivity index (χ3v) is 4.87. The number of aryl methyl sites for hydroxylation is 1. The second-order valence-electron chi connectivity index (χ2n) is 7.05. The molecule has 0 spiro atoms. The minimum Gasteiger partial charge on any atom is -0.423 e. The first-order chi connectivity index (χ1) is 14.6. The fourth-order valence-corrected chi connectivity index (χ4v) is 3.20. The molecule has 4 aromatic carbocycles. The van der Waals surface area contributed by atoms with Gasteiger partial charge >= 0.3 is 5.97 Å². The lowest BCUT2D eigenvalue weighted by molar-refractivity contribution is 0.0734. The molecule has 0 radical (unpaired) electrons. The van der Waals surface area contributed by atoms with Gasteiger partial charge in [0.2, 0.25) is 0 Å². The quantitative estimate of drug-likeness (QED) is 0.174. The summed E-state index contributed by atoms with van der Waals surface area (Å²) in [6, 6.07) is 27.8. The number of esters is 1. The Hall–Kier alpha value is -3.98. The van der Waals surface area contributed by atoms with Crippen molar-refractivity contribution in [3.8, 4) is 5.75 Å². The van der Waals surface area contributed by atoms with E-state index in [9.17, 15) is 9.59 Å². The van der Waals surface area contributed by atoms with Crippen LogP contribution in [0.25, 0.3) is 16.8 Å². The molecule has 30 heavy (non-hydrogen) atoms. The van der Waals surface area contributed by atoms with Crippen LogP contribution in [0, 0.1) is 6.92 Å². The predicted octanol–water partition coefficient (Wildman–Crippen LogP) is 6.26. The molecule has 0 saturated carbocycles. The van der Waals surface area contributed by atoms with Crippen LogP contribution in [0.2, 0.25) is 0 Å². The van der Waals surface area contributed by atoms with E-state index < -0.39 is 5.97 Å². The molecule has 0 aromatic heterocycles. The molecule has 0 aliphatic carbocycles. The molecule has 0 fully saturated rings.